The average Bonchev–Trinajstić information content (AvgIpc) is 2.62. The number of pyridine rings is 2. The van der Waals surface area contributed by atoms with Gasteiger partial charge >= 0.3 is 0 Å². The number of piperidine rings is 1. The molecule has 0 spiro atoms. The van der Waals surface area contributed by atoms with Gasteiger partial charge in [0.15, 0.2) is 0 Å². The van der Waals surface area contributed by atoms with Crippen molar-refractivity contribution >= 4 is 11.7 Å². The van der Waals surface area contributed by atoms with Crippen molar-refractivity contribution in [3.8, 4) is 6.07 Å². The molecule has 128 valence electrons. The fraction of sp³-hybridized carbons (Fsp3) is 0.368. The summed E-state index contributed by atoms with van der Waals surface area (Å²) in [5.41, 5.74) is 3.06. The van der Waals surface area contributed by atoms with E-state index in [1.165, 1.54) is 0 Å². The summed E-state index contributed by atoms with van der Waals surface area (Å²) in [4.78, 5) is 23.0. The first kappa shape index (κ1) is 16.9. The third-order valence-electron chi connectivity index (χ3n) is 4.44. The van der Waals surface area contributed by atoms with Crippen molar-refractivity contribution in [2.75, 3.05) is 18.0 Å². The van der Waals surface area contributed by atoms with E-state index >= 15 is 0 Å². The molecule has 1 unspecified atom stereocenters. The molecule has 1 fully saturated rings. The maximum absolute atomic E-state index is 12.4. The quantitative estimate of drug-likeness (QED) is 0.931. The van der Waals surface area contributed by atoms with Crippen LogP contribution in [-0.2, 0) is 0 Å². The molecule has 2 aromatic rings. The van der Waals surface area contributed by atoms with Crippen LogP contribution in [-0.4, -0.2) is 35.0 Å². The van der Waals surface area contributed by atoms with Crippen molar-refractivity contribution in [1.29, 1.82) is 5.26 Å². The Balaban J connectivity index is 1.76. The number of nitriles is 1. The number of hydrogen-bond acceptors (Lipinski definition) is 5. The molecule has 0 bridgehead atoms. The third-order valence-corrected chi connectivity index (χ3v) is 4.44. The van der Waals surface area contributed by atoms with Crippen LogP contribution >= 0.6 is 0 Å². The van der Waals surface area contributed by atoms with Crippen LogP contribution in [0, 0.1) is 25.2 Å². The smallest absolute Gasteiger partial charge is 0.251 e. The highest BCUT2D eigenvalue weighted by Crippen LogP contribution is 2.25. The molecule has 2 aromatic heterocycles. The van der Waals surface area contributed by atoms with Gasteiger partial charge in [0.2, 0.25) is 0 Å². The second kappa shape index (κ2) is 7.31. The summed E-state index contributed by atoms with van der Waals surface area (Å²) in [5.74, 6) is 0.631. The van der Waals surface area contributed by atoms with Gasteiger partial charge in [0.25, 0.3) is 5.91 Å². The Morgan fingerprint density at radius 1 is 1.36 bits per heavy atom. The van der Waals surface area contributed by atoms with E-state index in [1.807, 2.05) is 19.9 Å². The first-order valence-electron chi connectivity index (χ1n) is 8.42. The summed E-state index contributed by atoms with van der Waals surface area (Å²) < 4.78 is 0. The lowest BCUT2D eigenvalue weighted by atomic mass is 10.0. The van der Waals surface area contributed by atoms with Gasteiger partial charge in [-0.15, -0.1) is 0 Å². The zero-order chi connectivity index (χ0) is 17.8. The zero-order valence-electron chi connectivity index (χ0n) is 14.5. The highest BCUT2D eigenvalue weighted by molar-refractivity contribution is 5.94. The summed E-state index contributed by atoms with van der Waals surface area (Å²) >= 11 is 0. The van der Waals surface area contributed by atoms with Gasteiger partial charge in [0.1, 0.15) is 11.9 Å². The highest BCUT2D eigenvalue weighted by Gasteiger charge is 2.25. The van der Waals surface area contributed by atoms with Gasteiger partial charge in [-0.2, -0.15) is 5.26 Å². The van der Waals surface area contributed by atoms with Crippen LogP contribution in [0.15, 0.2) is 30.6 Å². The van der Waals surface area contributed by atoms with E-state index in [0.717, 1.165) is 36.5 Å². The molecule has 1 saturated heterocycles. The molecule has 1 N–H and O–H groups in total. The molecule has 0 radical (unpaired) electrons. The molecular formula is C19H21N5O. The standard InChI is InChI=1S/C19H21N5O/c1-13-10-14(2)22-18(17(13)11-20)24-9-3-4-16(12-24)23-19(25)15-5-7-21-8-6-15/h5-8,10,16H,3-4,9,12H2,1-2H3,(H,23,25). The normalized spacial score (nSPS) is 17.0. The van der Waals surface area contributed by atoms with E-state index in [4.69, 9.17) is 0 Å². The minimum absolute atomic E-state index is 0.0311. The Kier molecular flexibility index (Phi) is 4.94. The van der Waals surface area contributed by atoms with Crippen molar-refractivity contribution in [2.24, 2.45) is 0 Å². The van der Waals surface area contributed by atoms with E-state index in [0.29, 0.717) is 17.7 Å². The average molecular weight is 335 g/mol. The molecular weight excluding hydrogens is 314 g/mol. The number of carbonyl (C=O) groups is 1. The minimum Gasteiger partial charge on any atom is -0.353 e. The number of nitrogens with one attached hydrogen (secondary N) is 1. The van der Waals surface area contributed by atoms with Gasteiger partial charge < -0.3 is 10.2 Å². The number of aryl methyl sites for hydroxylation is 2. The van der Waals surface area contributed by atoms with Crippen LogP contribution < -0.4 is 10.2 Å². The Morgan fingerprint density at radius 3 is 2.84 bits per heavy atom. The lowest BCUT2D eigenvalue weighted by Crippen LogP contribution is -2.48. The van der Waals surface area contributed by atoms with Crippen LogP contribution in [0.4, 0.5) is 5.82 Å². The predicted molar refractivity (Wildman–Crippen MR) is 95.4 cm³/mol. The van der Waals surface area contributed by atoms with Gasteiger partial charge in [-0.25, -0.2) is 4.98 Å². The number of carbonyl (C=O) groups excluding carboxylic acids is 1. The van der Waals surface area contributed by atoms with Crippen LogP contribution in [0.1, 0.15) is 40.0 Å². The van der Waals surface area contributed by atoms with E-state index in [-0.39, 0.29) is 11.9 Å². The predicted octanol–water partition coefficient (Wildman–Crippen LogP) is 2.36. The summed E-state index contributed by atoms with van der Waals surface area (Å²) in [6, 6.07) is 7.63. The largest absolute Gasteiger partial charge is 0.353 e. The molecule has 0 aromatic carbocycles. The summed E-state index contributed by atoms with van der Waals surface area (Å²) in [5, 5.41) is 12.6. The first-order chi connectivity index (χ1) is 12.1. The number of aromatic nitrogens is 2. The van der Waals surface area contributed by atoms with Gasteiger partial charge in [0.05, 0.1) is 5.56 Å². The van der Waals surface area contributed by atoms with Gasteiger partial charge in [-0.3, -0.25) is 9.78 Å². The summed E-state index contributed by atoms with van der Waals surface area (Å²) in [6.07, 6.45) is 5.09. The lowest BCUT2D eigenvalue weighted by Gasteiger charge is -2.34. The number of rotatable bonds is 3. The highest BCUT2D eigenvalue weighted by atomic mass is 16.1. The summed E-state index contributed by atoms with van der Waals surface area (Å²) in [6.45, 7) is 5.36. The van der Waals surface area contributed by atoms with Crippen molar-refractivity contribution in [2.45, 2.75) is 32.7 Å². The fourth-order valence-electron chi connectivity index (χ4n) is 3.24. The third kappa shape index (κ3) is 3.77. The Morgan fingerprint density at radius 2 is 2.12 bits per heavy atom. The van der Waals surface area contributed by atoms with Crippen molar-refractivity contribution in [3.63, 3.8) is 0 Å². The van der Waals surface area contributed by atoms with Crippen molar-refractivity contribution < 1.29 is 4.79 Å². The molecule has 6 heteroatoms. The zero-order valence-corrected chi connectivity index (χ0v) is 14.5. The van der Waals surface area contributed by atoms with E-state index in [9.17, 15) is 10.1 Å². The molecule has 1 amide bonds. The lowest BCUT2D eigenvalue weighted by molar-refractivity contribution is 0.0933. The van der Waals surface area contributed by atoms with Crippen LogP contribution in [0.2, 0.25) is 0 Å². The number of anilines is 1. The number of nitrogens with zero attached hydrogens (tertiary/aromatic N) is 4. The van der Waals surface area contributed by atoms with E-state index < -0.39 is 0 Å². The number of hydrogen-bond donors (Lipinski definition) is 1. The van der Waals surface area contributed by atoms with E-state index in [2.05, 4.69) is 26.3 Å². The molecule has 25 heavy (non-hydrogen) atoms. The van der Waals surface area contributed by atoms with Crippen LogP contribution in [0.5, 0.6) is 0 Å². The Hall–Kier alpha value is -2.94. The second-order valence-electron chi connectivity index (χ2n) is 6.39. The van der Waals surface area contributed by atoms with Crippen LogP contribution in [0.3, 0.4) is 0 Å². The second-order valence-corrected chi connectivity index (χ2v) is 6.39. The summed E-state index contributed by atoms with van der Waals surface area (Å²) in [7, 11) is 0. The van der Waals surface area contributed by atoms with Crippen molar-refractivity contribution in [3.05, 3.63) is 53.0 Å². The van der Waals surface area contributed by atoms with Gasteiger partial charge in [-0.05, 0) is 50.5 Å². The molecule has 1 aliphatic rings. The molecule has 1 aliphatic heterocycles. The maximum atomic E-state index is 12.4. The molecule has 6 nitrogen and oxygen atoms in total. The first-order valence-corrected chi connectivity index (χ1v) is 8.42. The molecule has 0 aliphatic carbocycles. The molecule has 0 saturated carbocycles. The van der Waals surface area contributed by atoms with E-state index in [1.54, 1.807) is 24.5 Å². The Labute approximate surface area is 147 Å². The topological polar surface area (TPSA) is 81.9 Å². The van der Waals surface area contributed by atoms with Crippen LogP contribution in [0.25, 0.3) is 0 Å². The van der Waals surface area contributed by atoms with Crippen molar-refractivity contribution in [1.82, 2.24) is 15.3 Å². The molecule has 3 heterocycles. The molecule has 3 rings (SSSR count). The van der Waals surface area contributed by atoms with Gasteiger partial charge in [-0.1, -0.05) is 0 Å². The molecule has 1 atom stereocenters. The minimum atomic E-state index is -0.0943. The Bertz CT molecular complexity index is 813. The number of amides is 1. The SMILES string of the molecule is Cc1cc(C)c(C#N)c(N2CCCC(NC(=O)c3ccncc3)C2)n1. The maximum Gasteiger partial charge on any atom is 0.251 e. The van der Waals surface area contributed by atoms with Gasteiger partial charge in [0, 0.05) is 42.8 Å². The fourth-order valence-corrected chi connectivity index (χ4v) is 3.24. The monoisotopic (exact) mass is 335 g/mol.